The fourth-order valence-electron chi connectivity index (χ4n) is 2.62. The third-order valence-electron chi connectivity index (χ3n) is 4.48. The van der Waals surface area contributed by atoms with E-state index in [1.54, 1.807) is 13.0 Å². The number of rotatable bonds is 0. The maximum atomic E-state index is 14.8. The second-order valence-corrected chi connectivity index (χ2v) is 6.83. The van der Waals surface area contributed by atoms with E-state index in [1.807, 2.05) is 0 Å². The summed E-state index contributed by atoms with van der Waals surface area (Å²) in [5.74, 6) is -2.09. The fourth-order valence-corrected chi connectivity index (χ4v) is 2.62. The molecule has 1 aliphatic rings. The lowest BCUT2D eigenvalue weighted by Crippen LogP contribution is -2.36. The van der Waals surface area contributed by atoms with Crippen LogP contribution in [0.25, 0.3) is 6.08 Å². The summed E-state index contributed by atoms with van der Waals surface area (Å²) in [4.78, 5) is 24.4. The van der Waals surface area contributed by atoms with Gasteiger partial charge in [0.1, 0.15) is 23.5 Å². The van der Waals surface area contributed by atoms with Crippen LogP contribution in [0.2, 0.25) is 0 Å². The van der Waals surface area contributed by atoms with Crippen LogP contribution in [-0.4, -0.2) is 51.1 Å². The Bertz CT molecular complexity index is 796. The van der Waals surface area contributed by atoms with Gasteiger partial charge in [-0.15, -0.1) is 0 Å². The minimum absolute atomic E-state index is 0.0900. The quantitative estimate of drug-likeness (QED) is 0.598. The molecule has 3 unspecified atom stereocenters. The van der Waals surface area contributed by atoms with E-state index in [0.29, 0.717) is 11.1 Å². The van der Waals surface area contributed by atoms with Crippen molar-refractivity contribution in [2.24, 2.45) is 0 Å². The minimum atomic E-state index is -2.21. The van der Waals surface area contributed by atoms with Gasteiger partial charge in [0.2, 0.25) is 0 Å². The molecule has 4 atom stereocenters. The fraction of sp³-hybridized carbons (Fsp3) is 0.400. The Morgan fingerprint density at radius 1 is 1.22 bits per heavy atom. The Morgan fingerprint density at radius 3 is 2.56 bits per heavy atom. The number of aryl methyl sites for hydroxylation is 1. The van der Waals surface area contributed by atoms with E-state index in [4.69, 9.17) is 4.74 Å². The maximum Gasteiger partial charge on any atom is 0.342 e. The van der Waals surface area contributed by atoms with E-state index in [2.05, 4.69) is 0 Å². The summed E-state index contributed by atoms with van der Waals surface area (Å²) in [5, 5.41) is 30.0. The van der Waals surface area contributed by atoms with Crippen molar-refractivity contribution < 1.29 is 34.0 Å². The minimum Gasteiger partial charge on any atom is -0.507 e. The number of benzene rings is 1. The summed E-state index contributed by atoms with van der Waals surface area (Å²) in [6.07, 6.45) is 0.133. The van der Waals surface area contributed by atoms with Crippen LogP contribution in [0.1, 0.15) is 41.8 Å². The third-order valence-corrected chi connectivity index (χ3v) is 4.48. The number of alkyl halides is 1. The lowest BCUT2D eigenvalue weighted by Gasteiger charge is -2.25. The van der Waals surface area contributed by atoms with Gasteiger partial charge in [-0.05, 0) is 56.5 Å². The summed E-state index contributed by atoms with van der Waals surface area (Å²) >= 11 is 0. The lowest BCUT2D eigenvalue weighted by molar-refractivity contribution is -0.127. The van der Waals surface area contributed by atoms with Crippen molar-refractivity contribution in [1.82, 2.24) is 0 Å². The van der Waals surface area contributed by atoms with Crippen molar-refractivity contribution in [3.05, 3.63) is 47.1 Å². The molecule has 0 saturated heterocycles. The van der Waals surface area contributed by atoms with Gasteiger partial charge >= 0.3 is 5.97 Å². The summed E-state index contributed by atoms with van der Waals surface area (Å²) in [6, 6.07) is 3.00. The molecule has 0 amide bonds. The number of cyclic esters (lactones) is 1. The van der Waals surface area contributed by atoms with Crippen LogP contribution in [-0.2, 0) is 9.53 Å². The number of fused-ring (bicyclic) bond motifs is 1. The molecule has 0 fully saturated rings. The number of halogens is 1. The number of hydrogen-bond donors (Lipinski definition) is 3. The van der Waals surface area contributed by atoms with Gasteiger partial charge < -0.3 is 20.1 Å². The first kappa shape index (κ1) is 20.8. The average molecular weight is 378 g/mol. The van der Waals surface area contributed by atoms with E-state index in [-0.39, 0.29) is 17.7 Å². The number of ketones is 1. The molecule has 0 saturated carbocycles. The van der Waals surface area contributed by atoms with Gasteiger partial charge in [0, 0.05) is 0 Å². The molecule has 1 heterocycles. The molecule has 7 heteroatoms. The summed E-state index contributed by atoms with van der Waals surface area (Å²) in [6.45, 7) is 4.14. The van der Waals surface area contributed by atoms with Crippen LogP contribution in [0.4, 0.5) is 4.39 Å². The Morgan fingerprint density at radius 2 is 1.89 bits per heavy atom. The molecule has 0 radical (unpaired) electrons. The van der Waals surface area contributed by atoms with Gasteiger partial charge in [-0.3, -0.25) is 4.79 Å². The summed E-state index contributed by atoms with van der Waals surface area (Å²) < 4.78 is 20.0. The van der Waals surface area contributed by atoms with Gasteiger partial charge in [0.05, 0.1) is 6.10 Å². The SMILES string of the molecule is Cc1cc(O)c2c(c1)/C=C/C[C@H](O)C(O)C(=O)/C=C\C(C)(F)C(C)OC2=O. The van der Waals surface area contributed by atoms with Crippen molar-refractivity contribution in [1.29, 1.82) is 0 Å². The molecular formula is C20H23FO6. The highest BCUT2D eigenvalue weighted by molar-refractivity contribution is 5.97. The predicted octanol–water partition coefficient (Wildman–Crippen LogP) is 2.24. The van der Waals surface area contributed by atoms with Crippen molar-refractivity contribution in [2.45, 2.75) is 51.2 Å². The molecule has 1 aromatic rings. The molecule has 2 rings (SSSR count). The van der Waals surface area contributed by atoms with E-state index in [9.17, 15) is 29.3 Å². The number of hydrogen-bond acceptors (Lipinski definition) is 6. The first-order valence-corrected chi connectivity index (χ1v) is 8.52. The highest BCUT2D eigenvalue weighted by Crippen LogP contribution is 2.29. The highest BCUT2D eigenvalue weighted by atomic mass is 19.1. The van der Waals surface area contributed by atoms with E-state index in [1.165, 1.54) is 25.1 Å². The lowest BCUT2D eigenvalue weighted by atomic mass is 9.97. The van der Waals surface area contributed by atoms with Crippen molar-refractivity contribution in [3.8, 4) is 5.75 Å². The zero-order valence-electron chi connectivity index (χ0n) is 15.3. The van der Waals surface area contributed by atoms with Crippen LogP contribution in [0, 0.1) is 6.92 Å². The number of aromatic hydroxyl groups is 1. The third kappa shape index (κ3) is 4.81. The molecule has 0 bridgehead atoms. The monoisotopic (exact) mass is 378 g/mol. The van der Waals surface area contributed by atoms with Crippen LogP contribution in [0.15, 0.2) is 30.4 Å². The molecule has 3 N–H and O–H groups in total. The number of phenolic OH excluding ortho intramolecular Hbond substituents is 1. The molecular weight excluding hydrogens is 355 g/mol. The van der Waals surface area contributed by atoms with Crippen molar-refractivity contribution >= 4 is 17.8 Å². The average Bonchev–Trinajstić information content (AvgIpc) is 2.57. The summed E-state index contributed by atoms with van der Waals surface area (Å²) in [7, 11) is 0. The topological polar surface area (TPSA) is 104 Å². The van der Waals surface area contributed by atoms with Crippen molar-refractivity contribution in [2.75, 3.05) is 0 Å². The molecule has 1 aliphatic heterocycles. The van der Waals surface area contributed by atoms with E-state index >= 15 is 0 Å². The van der Waals surface area contributed by atoms with Crippen LogP contribution in [0.5, 0.6) is 5.75 Å². The van der Waals surface area contributed by atoms with Gasteiger partial charge in [-0.1, -0.05) is 18.2 Å². The van der Waals surface area contributed by atoms with Crippen LogP contribution >= 0.6 is 0 Å². The molecule has 0 aromatic heterocycles. The molecule has 0 aliphatic carbocycles. The number of carbonyl (C=O) groups is 2. The Labute approximate surface area is 156 Å². The number of ether oxygens (including phenoxy) is 1. The molecule has 27 heavy (non-hydrogen) atoms. The number of aliphatic hydroxyl groups is 2. The van der Waals surface area contributed by atoms with E-state index in [0.717, 1.165) is 19.1 Å². The Balaban J connectivity index is 2.54. The van der Waals surface area contributed by atoms with Gasteiger partial charge in [0.25, 0.3) is 0 Å². The number of aliphatic hydroxyl groups excluding tert-OH is 2. The van der Waals surface area contributed by atoms with Gasteiger partial charge in [-0.2, -0.15) is 0 Å². The second-order valence-electron chi connectivity index (χ2n) is 6.83. The maximum absolute atomic E-state index is 14.8. The van der Waals surface area contributed by atoms with E-state index < -0.39 is 35.7 Å². The zero-order chi connectivity index (χ0) is 20.4. The van der Waals surface area contributed by atoms with Crippen LogP contribution in [0.3, 0.4) is 0 Å². The zero-order valence-corrected chi connectivity index (χ0v) is 15.3. The molecule has 146 valence electrons. The largest absolute Gasteiger partial charge is 0.507 e. The molecule has 0 spiro atoms. The van der Waals surface area contributed by atoms with Gasteiger partial charge in [0.15, 0.2) is 11.5 Å². The summed E-state index contributed by atoms with van der Waals surface area (Å²) in [5.41, 5.74) is -1.36. The number of phenols is 1. The second kappa shape index (κ2) is 8.02. The van der Waals surface area contributed by atoms with Crippen LogP contribution < -0.4 is 0 Å². The first-order valence-electron chi connectivity index (χ1n) is 8.52. The normalized spacial score (nSPS) is 32.1. The predicted molar refractivity (Wildman–Crippen MR) is 97.0 cm³/mol. The molecule has 1 aromatic carbocycles. The Kier molecular flexibility index (Phi) is 6.18. The first-order chi connectivity index (χ1) is 12.5. The van der Waals surface area contributed by atoms with Crippen molar-refractivity contribution in [3.63, 3.8) is 0 Å². The molecule has 6 nitrogen and oxygen atoms in total. The number of esters is 1. The standard InChI is InChI=1S/C20H23FO6/c1-11-9-13-5-4-6-14(22)18(25)15(23)7-8-20(3,21)12(2)27-19(26)17(13)16(24)10-11/h4-5,7-10,12,14,18,22,24-25H,6H2,1-3H3/b5-4+,8-7-/t12?,14-,18?,20?/m0/s1. The van der Waals surface area contributed by atoms with Gasteiger partial charge in [-0.25, -0.2) is 9.18 Å². The Hall–Kier alpha value is -2.51. The number of carbonyl (C=O) groups excluding carboxylic acids is 2. The highest BCUT2D eigenvalue weighted by Gasteiger charge is 2.34. The smallest absolute Gasteiger partial charge is 0.342 e.